The van der Waals surface area contributed by atoms with Gasteiger partial charge in [0.15, 0.2) is 0 Å². The first-order valence-corrected chi connectivity index (χ1v) is 4.31. The summed E-state index contributed by atoms with van der Waals surface area (Å²) in [7, 11) is 0. The van der Waals surface area contributed by atoms with Gasteiger partial charge < -0.3 is 9.53 Å². The Labute approximate surface area is 67.9 Å². The first-order chi connectivity index (χ1) is 5.24. The summed E-state index contributed by atoms with van der Waals surface area (Å²) in [4.78, 5) is 10.5. The van der Waals surface area contributed by atoms with Crippen LogP contribution in [0.15, 0.2) is 0 Å². The van der Waals surface area contributed by atoms with Crippen LogP contribution >= 0.6 is 0 Å². The number of hydrogen-bond acceptors (Lipinski definition) is 2. The van der Waals surface area contributed by atoms with Crippen molar-refractivity contribution >= 4 is 6.29 Å². The molecule has 0 aliphatic carbocycles. The van der Waals surface area contributed by atoms with Crippen LogP contribution in [0.4, 0.5) is 0 Å². The fourth-order valence-electron chi connectivity index (χ4n) is 1.44. The Morgan fingerprint density at radius 2 is 2.27 bits per heavy atom. The standard InChI is InChI=1S/C9H16O2/c1-7(2)9-5-8(6-10)3-4-11-9/h6-9H,3-5H2,1-2H3. The van der Waals surface area contributed by atoms with Gasteiger partial charge in [0.05, 0.1) is 6.10 Å². The maximum Gasteiger partial charge on any atom is 0.123 e. The maximum atomic E-state index is 10.5. The molecule has 0 spiro atoms. The number of ether oxygens (including phenoxy) is 1. The minimum Gasteiger partial charge on any atom is -0.378 e. The number of aldehydes is 1. The summed E-state index contributed by atoms with van der Waals surface area (Å²) in [6.45, 7) is 5.03. The lowest BCUT2D eigenvalue weighted by Gasteiger charge is -2.29. The lowest BCUT2D eigenvalue weighted by Crippen LogP contribution is -2.30. The van der Waals surface area contributed by atoms with Gasteiger partial charge in [-0.25, -0.2) is 0 Å². The minimum atomic E-state index is 0.246. The highest BCUT2D eigenvalue weighted by atomic mass is 16.5. The molecule has 0 aromatic carbocycles. The quantitative estimate of drug-likeness (QED) is 0.568. The Bertz CT molecular complexity index is 132. The van der Waals surface area contributed by atoms with E-state index in [1.54, 1.807) is 0 Å². The SMILES string of the molecule is CC(C)C1CC(C=O)CCO1. The molecule has 0 aromatic heterocycles. The molecule has 1 heterocycles. The van der Waals surface area contributed by atoms with Crippen molar-refractivity contribution in [3.63, 3.8) is 0 Å². The molecule has 2 unspecified atom stereocenters. The number of rotatable bonds is 2. The van der Waals surface area contributed by atoms with Gasteiger partial charge >= 0.3 is 0 Å². The molecule has 0 bridgehead atoms. The predicted octanol–water partition coefficient (Wildman–Crippen LogP) is 1.64. The Hall–Kier alpha value is -0.370. The molecule has 1 rings (SSSR count). The van der Waals surface area contributed by atoms with Crippen LogP contribution in [-0.2, 0) is 9.53 Å². The van der Waals surface area contributed by atoms with Gasteiger partial charge in [0, 0.05) is 12.5 Å². The second kappa shape index (κ2) is 3.86. The van der Waals surface area contributed by atoms with Crippen molar-refractivity contribution in [2.75, 3.05) is 6.61 Å². The van der Waals surface area contributed by atoms with Gasteiger partial charge in [0.2, 0.25) is 0 Å². The van der Waals surface area contributed by atoms with Crippen LogP contribution in [0.5, 0.6) is 0 Å². The predicted molar refractivity (Wildman–Crippen MR) is 43.4 cm³/mol. The number of hydrogen-bond donors (Lipinski definition) is 0. The molecule has 2 atom stereocenters. The molecule has 0 N–H and O–H groups in total. The Morgan fingerprint density at radius 3 is 2.82 bits per heavy atom. The zero-order valence-corrected chi connectivity index (χ0v) is 7.25. The second-order valence-corrected chi connectivity index (χ2v) is 3.57. The summed E-state index contributed by atoms with van der Waals surface area (Å²) >= 11 is 0. The van der Waals surface area contributed by atoms with Gasteiger partial charge in [-0.2, -0.15) is 0 Å². The third-order valence-electron chi connectivity index (χ3n) is 2.29. The largest absolute Gasteiger partial charge is 0.378 e. The highest BCUT2D eigenvalue weighted by Gasteiger charge is 2.23. The molecule has 1 saturated heterocycles. The third-order valence-corrected chi connectivity index (χ3v) is 2.29. The van der Waals surface area contributed by atoms with E-state index in [0.29, 0.717) is 12.0 Å². The van der Waals surface area contributed by atoms with Gasteiger partial charge in [-0.3, -0.25) is 0 Å². The van der Waals surface area contributed by atoms with Crippen LogP contribution in [0.2, 0.25) is 0 Å². The summed E-state index contributed by atoms with van der Waals surface area (Å²) in [5, 5.41) is 0. The van der Waals surface area contributed by atoms with E-state index in [2.05, 4.69) is 13.8 Å². The van der Waals surface area contributed by atoms with Crippen LogP contribution in [0.25, 0.3) is 0 Å². The fourth-order valence-corrected chi connectivity index (χ4v) is 1.44. The average molecular weight is 156 g/mol. The van der Waals surface area contributed by atoms with Gasteiger partial charge in [-0.15, -0.1) is 0 Å². The van der Waals surface area contributed by atoms with E-state index in [-0.39, 0.29) is 5.92 Å². The third kappa shape index (κ3) is 2.29. The number of carbonyl (C=O) groups is 1. The minimum absolute atomic E-state index is 0.246. The molecular weight excluding hydrogens is 140 g/mol. The van der Waals surface area contributed by atoms with Gasteiger partial charge in [0.25, 0.3) is 0 Å². The lowest BCUT2D eigenvalue weighted by atomic mass is 9.91. The molecular formula is C9H16O2. The van der Waals surface area contributed by atoms with E-state index >= 15 is 0 Å². The van der Waals surface area contributed by atoms with Crippen LogP contribution in [0.3, 0.4) is 0 Å². The van der Waals surface area contributed by atoms with Crippen LogP contribution in [0, 0.1) is 11.8 Å². The first kappa shape index (κ1) is 8.72. The normalized spacial score (nSPS) is 32.3. The van der Waals surface area contributed by atoms with E-state index in [9.17, 15) is 4.79 Å². The van der Waals surface area contributed by atoms with Gasteiger partial charge in [-0.05, 0) is 18.8 Å². The van der Waals surface area contributed by atoms with E-state index in [4.69, 9.17) is 4.74 Å². The van der Waals surface area contributed by atoms with E-state index < -0.39 is 0 Å². The summed E-state index contributed by atoms with van der Waals surface area (Å²) in [5.41, 5.74) is 0. The maximum absolute atomic E-state index is 10.5. The Morgan fingerprint density at radius 1 is 1.55 bits per heavy atom. The Kier molecular flexibility index (Phi) is 3.06. The van der Waals surface area contributed by atoms with Crippen molar-refractivity contribution in [2.24, 2.45) is 11.8 Å². The summed E-state index contributed by atoms with van der Waals surface area (Å²) < 4.78 is 5.51. The molecule has 11 heavy (non-hydrogen) atoms. The van der Waals surface area contributed by atoms with Crippen LogP contribution < -0.4 is 0 Å². The summed E-state index contributed by atoms with van der Waals surface area (Å²) in [6, 6.07) is 0. The summed E-state index contributed by atoms with van der Waals surface area (Å²) in [5.74, 6) is 0.786. The highest BCUT2D eigenvalue weighted by Crippen LogP contribution is 2.23. The smallest absolute Gasteiger partial charge is 0.123 e. The molecule has 0 aromatic rings. The second-order valence-electron chi connectivity index (χ2n) is 3.57. The number of carbonyl (C=O) groups excluding carboxylic acids is 1. The zero-order valence-electron chi connectivity index (χ0n) is 7.25. The van der Waals surface area contributed by atoms with Gasteiger partial charge in [0.1, 0.15) is 6.29 Å². The van der Waals surface area contributed by atoms with Crippen molar-refractivity contribution in [3.8, 4) is 0 Å². The lowest BCUT2D eigenvalue weighted by molar-refractivity contribution is -0.117. The van der Waals surface area contributed by atoms with E-state index in [1.165, 1.54) is 0 Å². The molecule has 0 radical (unpaired) electrons. The van der Waals surface area contributed by atoms with Gasteiger partial charge in [-0.1, -0.05) is 13.8 Å². The molecule has 1 aliphatic rings. The topological polar surface area (TPSA) is 26.3 Å². The van der Waals surface area contributed by atoms with E-state index in [0.717, 1.165) is 25.7 Å². The monoisotopic (exact) mass is 156 g/mol. The molecule has 2 heteroatoms. The van der Waals surface area contributed by atoms with Crippen molar-refractivity contribution in [3.05, 3.63) is 0 Å². The van der Waals surface area contributed by atoms with Crippen molar-refractivity contribution < 1.29 is 9.53 Å². The molecule has 64 valence electrons. The molecule has 0 saturated carbocycles. The average Bonchev–Trinajstić information content (AvgIpc) is 2.05. The molecule has 0 amide bonds. The molecule has 1 fully saturated rings. The van der Waals surface area contributed by atoms with Crippen molar-refractivity contribution in [1.29, 1.82) is 0 Å². The summed E-state index contributed by atoms with van der Waals surface area (Å²) in [6.07, 6.45) is 3.20. The fraction of sp³-hybridized carbons (Fsp3) is 0.889. The first-order valence-electron chi connectivity index (χ1n) is 4.31. The van der Waals surface area contributed by atoms with Crippen LogP contribution in [0.1, 0.15) is 26.7 Å². The van der Waals surface area contributed by atoms with Crippen molar-refractivity contribution in [1.82, 2.24) is 0 Å². The Balaban J connectivity index is 2.39. The van der Waals surface area contributed by atoms with Crippen molar-refractivity contribution in [2.45, 2.75) is 32.8 Å². The van der Waals surface area contributed by atoms with E-state index in [1.807, 2.05) is 0 Å². The zero-order chi connectivity index (χ0) is 8.27. The molecule has 2 nitrogen and oxygen atoms in total. The highest BCUT2D eigenvalue weighted by molar-refractivity contribution is 5.53. The van der Waals surface area contributed by atoms with Crippen LogP contribution in [-0.4, -0.2) is 19.0 Å². The molecule has 1 aliphatic heterocycles.